The van der Waals surface area contributed by atoms with Gasteiger partial charge in [-0.05, 0) is 17.7 Å². The molecule has 2 rings (SSSR count). The van der Waals surface area contributed by atoms with Crippen LogP contribution in [0.1, 0.15) is 21.5 Å². The fourth-order valence-electron chi connectivity index (χ4n) is 3.03. The van der Waals surface area contributed by atoms with Crippen LogP contribution in [0.4, 0.5) is 0 Å². The Balaban J connectivity index is 1.91. The molecule has 0 saturated carbocycles. The number of hydrogen-bond donors (Lipinski definition) is 3. The molecule has 0 radical (unpaired) electrons. The van der Waals surface area contributed by atoms with E-state index in [4.69, 9.17) is 4.74 Å². The number of methoxy groups -OCH3 is 1. The van der Waals surface area contributed by atoms with Crippen LogP contribution in [0.3, 0.4) is 0 Å². The van der Waals surface area contributed by atoms with E-state index in [2.05, 4.69) is 10.6 Å². The van der Waals surface area contributed by atoms with Gasteiger partial charge in [-0.1, -0.05) is 42.5 Å². The van der Waals surface area contributed by atoms with E-state index in [9.17, 15) is 14.4 Å². The molecule has 0 fully saturated rings. The van der Waals surface area contributed by atoms with Crippen LogP contribution in [0.15, 0.2) is 54.6 Å². The van der Waals surface area contributed by atoms with E-state index in [-0.39, 0.29) is 18.4 Å². The van der Waals surface area contributed by atoms with E-state index in [1.165, 1.54) is 7.11 Å². The van der Waals surface area contributed by atoms with Gasteiger partial charge in [0, 0.05) is 24.6 Å². The molecule has 0 heterocycles. The summed E-state index contributed by atoms with van der Waals surface area (Å²) in [5, 5.41) is 5.36. The van der Waals surface area contributed by atoms with Gasteiger partial charge >= 0.3 is 5.97 Å². The largest absolute Gasteiger partial charge is 0.467 e. The van der Waals surface area contributed by atoms with Crippen molar-refractivity contribution in [3.63, 3.8) is 0 Å². The van der Waals surface area contributed by atoms with Crippen LogP contribution in [0.25, 0.3) is 0 Å². The Morgan fingerprint density at radius 1 is 1.00 bits per heavy atom. The number of hydrogen-bond acceptors (Lipinski definition) is 4. The van der Waals surface area contributed by atoms with Crippen molar-refractivity contribution in [2.45, 2.75) is 19.0 Å². The summed E-state index contributed by atoms with van der Waals surface area (Å²) in [6, 6.07) is 16.0. The summed E-state index contributed by atoms with van der Waals surface area (Å²) in [7, 11) is 4.80. The van der Waals surface area contributed by atoms with E-state index < -0.39 is 12.0 Å². The third-order valence-electron chi connectivity index (χ3n) is 4.51. The Bertz CT molecular complexity index is 822. The van der Waals surface area contributed by atoms with E-state index in [0.29, 0.717) is 18.5 Å². The van der Waals surface area contributed by atoms with Gasteiger partial charge in [-0.25, -0.2) is 4.79 Å². The van der Waals surface area contributed by atoms with Crippen LogP contribution in [0, 0.1) is 0 Å². The highest BCUT2D eigenvalue weighted by molar-refractivity contribution is 5.93. The number of nitrogens with one attached hydrogen (secondary N) is 3. The van der Waals surface area contributed by atoms with Gasteiger partial charge in [0.2, 0.25) is 0 Å². The molecule has 2 aromatic carbocycles. The zero-order chi connectivity index (χ0) is 21.2. The molecule has 0 bridgehead atoms. The van der Waals surface area contributed by atoms with Crippen molar-refractivity contribution in [2.24, 2.45) is 0 Å². The van der Waals surface area contributed by atoms with E-state index in [1.807, 2.05) is 49.5 Å². The summed E-state index contributed by atoms with van der Waals surface area (Å²) in [6.07, 6.45) is 0.374. The standard InChI is InChI=1S/C22H27N3O4/c1-23-21(27)18-11-9-17(10-12-18)14-25(2)15-20(26)24-19(22(28)29-3)13-16-7-5-4-6-8-16/h4-12,19H,13-15H2,1-3H3,(H,23,27)(H,24,26)/p+1/t19-/m0/s1. The molecule has 0 spiro atoms. The zero-order valence-corrected chi connectivity index (χ0v) is 17.0. The minimum atomic E-state index is -0.727. The number of benzene rings is 2. The van der Waals surface area contributed by atoms with Gasteiger partial charge in [0.25, 0.3) is 11.8 Å². The molecule has 2 atom stereocenters. The lowest BCUT2D eigenvalue weighted by Crippen LogP contribution is -3.09. The Kier molecular flexibility index (Phi) is 8.36. The molecule has 3 N–H and O–H groups in total. The van der Waals surface area contributed by atoms with Crippen molar-refractivity contribution < 1.29 is 24.0 Å². The second-order valence-corrected chi connectivity index (χ2v) is 6.92. The number of rotatable bonds is 9. The van der Waals surface area contributed by atoms with Crippen molar-refractivity contribution in [1.82, 2.24) is 10.6 Å². The first-order valence-corrected chi connectivity index (χ1v) is 9.46. The highest BCUT2D eigenvalue weighted by atomic mass is 16.5. The monoisotopic (exact) mass is 398 g/mol. The van der Waals surface area contributed by atoms with Gasteiger partial charge < -0.3 is 20.3 Å². The Morgan fingerprint density at radius 2 is 1.66 bits per heavy atom. The second kappa shape index (κ2) is 11.0. The summed E-state index contributed by atoms with van der Waals surface area (Å²) in [5.41, 5.74) is 2.55. The Hall–Kier alpha value is -3.19. The zero-order valence-electron chi connectivity index (χ0n) is 17.0. The number of esters is 1. The van der Waals surface area contributed by atoms with E-state index in [1.54, 1.807) is 19.2 Å². The molecule has 0 aromatic heterocycles. The van der Waals surface area contributed by atoms with Gasteiger partial charge in [-0.3, -0.25) is 9.59 Å². The van der Waals surface area contributed by atoms with E-state index >= 15 is 0 Å². The Morgan fingerprint density at radius 3 is 2.24 bits per heavy atom. The lowest BCUT2D eigenvalue weighted by atomic mass is 10.1. The fourth-order valence-corrected chi connectivity index (χ4v) is 3.03. The number of amides is 2. The molecule has 2 amide bonds. The van der Waals surface area contributed by atoms with Crippen molar-refractivity contribution in [3.8, 4) is 0 Å². The first-order chi connectivity index (χ1) is 13.9. The number of ether oxygens (including phenoxy) is 1. The molecule has 29 heavy (non-hydrogen) atoms. The molecule has 154 valence electrons. The predicted molar refractivity (Wildman–Crippen MR) is 109 cm³/mol. The fraction of sp³-hybridized carbons (Fsp3) is 0.318. The maximum absolute atomic E-state index is 12.5. The quantitative estimate of drug-likeness (QED) is 0.517. The van der Waals surface area contributed by atoms with Crippen molar-refractivity contribution in [1.29, 1.82) is 0 Å². The number of carbonyl (C=O) groups is 3. The maximum atomic E-state index is 12.5. The van der Waals surface area contributed by atoms with Crippen molar-refractivity contribution in [2.75, 3.05) is 27.7 Å². The molecule has 7 nitrogen and oxygen atoms in total. The first-order valence-electron chi connectivity index (χ1n) is 9.46. The lowest BCUT2D eigenvalue weighted by Gasteiger charge is -2.19. The molecule has 7 heteroatoms. The average Bonchev–Trinajstić information content (AvgIpc) is 2.73. The van der Waals surface area contributed by atoms with Gasteiger partial charge in [0.1, 0.15) is 12.6 Å². The molecule has 0 aliphatic heterocycles. The smallest absolute Gasteiger partial charge is 0.328 e. The molecule has 1 unspecified atom stereocenters. The number of carbonyl (C=O) groups excluding carboxylic acids is 3. The minimum absolute atomic E-state index is 0.135. The predicted octanol–water partition coefficient (Wildman–Crippen LogP) is -0.0386. The Labute approximate surface area is 171 Å². The highest BCUT2D eigenvalue weighted by Crippen LogP contribution is 2.05. The van der Waals surface area contributed by atoms with Crippen LogP contribution in [-0.4, -0.2) is 51.6 Å². The summed E-state index contributed by atoms with van der Waals surface area (Å²) in [6.45, 7) is 0.822. The van der Waals surface area contributed by atoms with Crippen LogP contribution < -0.4 is 15.5 Å². The van der Waals surface area contributed by atoms with Crippen LogP contribution in [0.5, 0.6) is 0 Å². The summed E-state index contributed by atoms with van der Waals surface area (Å²) >= 11 is 0. The first kappa shape index (κ1) is 22.1. The molecular formula is C22H28N3O4+. The molecular weight excluding hydrogens is 370 g/mol. The maximum Gasteiger partial charge on any atom is 0.328 e. The van der Waals surface area contributed by atoms with Gasteiger partial charge in [0.05, 0.1) is 14.2 Å². The topological polar surface area (TPSA) is 88.9 Å². The summed E-state index contributed by atoms with van der Waals surface area (Å²) in [4.78, 5) is 37.1. The number of likely N-dealkylation sites (N-methyl/N-ethyl adjacent to an activating group) is 1. The van der Waals surface area contributed by atoms with Gasteiger partial charge in [0.15, 0.2) is 6.54 Å². The molecule has 0 saturated heterocycles. The SMILES string of the molecule is CNC(=O)c1ccc(C[NH+](C)CC(=O)N[C@@H](Cc2ccccc2)C(=O)OC)cc1. The molecule has 0 aliphatic rings. The van der Waals surface area contributed by atoms with Crippen LogP contribution in [-0.2, 0) is 27.3 Å². The summed E-state index contributed by atoms with van der Waals surface area (Å²) < 4.78 is 4.83. The van der Waals surface area contributed by atoms with Crippen molar-refractivity contribution in [3.05, 3.63) is 71.3 Å². The minimum Gasteiger partial charge on any atom is -0.467 e. The van der Waals surface area contributed by atoms with Crippen LogP contribution >= 0.6 is 0 Å². The third-order valence-corrected chi connectivity index (χ3v) is 4.51. The third kappa shape index (κ3) is 7.04. The van der Waals surface area contributed by atoms with E-state index in [0.717, 1.165) is 16.0 Å². The van der Waals surface area contributed by atoms with Gasteiger partial charge in [-0.2, -0.15) is 0 Å². The van der Waals surface area contributed by atoms with Crippen LogP contribution in [0.2, 0.25) is 0 Å². The second-order valence-electron chi connectivity index (χ2n) is 6.92. The molecule has 2 aromatic rings. The average molecular weight is 398 g/mol. The number of quaternary nitrogens is 1. The van der Waals surface area contributed by atoms with Gasteiger partial charge in [-0.15, -0.1) is 0 Å². The normalized spacial score (nSPS) is 12.5. The summed E-state index contributed by atoms with van der Waals surface area (Å²) in [5.74, 6) is -0.829. The lowest BCUT2D eigenvalue weighted by molar-refractivity contribution is -0.885. The molecule has 0 aliphatic carbocycles. The highest BCUT2D eigenvalue weighted by Gasteiger charge is 2.23. The van der Waals surface area contributed by atoms with Crippen molar-refractivity contribution >= 4 is 17.8 Å².